The van der Waals surface area contributed by atoms with E-state index in [0.717, 1.165) is 5.75 Å². The number of halogens is 1. The lowest BCUT2D eigenvalue weighted by Crippen LogP contribution is -2.14. The number of nitrogens with two attached hydrogens (primary N) is 1. The number of hydrogen-bond donors (Lipinski definition) is 2. The van der Waals surface area contributed by atoms with Gasteiger partial charge in [-0.2, -0.15) is 11.8 Å². The molecule has 0 fully saturated rings. The molecule has 4 heteroatoms. The molecule has 0 spiro atoms. The van der Waals surface area contributed by atoms with Crippen molar-refractivity contribution < 1.29 is 4.39 Å². The molecule has 1 aromatic carbocycles. The number of amidine groups is 1. The van der Waals surface area contributed by atoms with Crippen LogP contribution in [0, 0.1) is 17.1 Å². The molecule has 0 aliphatic heterocycles. The fourth-order valence-corrected chi connectivity index (χ4v) is 2.34. The molecule has 1 rings (SSSR count). The zero-order valence-corrected chi connectivity index (χ0v) is 10.4. The van der Waals surface area contributed by atoms with Gasteiger partial charge < -0.3 is 5.73 Å². The summed E-state index contributed by atoms with van der Waals surface area (Å²) >= 11 is 1.70. The molecule has 88 valence electrons. The Morgan fingerprint density at radius 3 is 2.75 bits per heavy atom. The Labute approximate surface area is 99.9 Å². The number of rotatable bonds is 5. The van der Waals surface area contributed by atoms with Gasteiger partial charge in [0.25, 0.3) is 0 Å². The normalized spacial score (nSPS) is 10.8. The van der Waals surface area contributed by atoms with Gasteiger partial charge in [-0.3, -0.25) is 5.41 Å². The summed E-state index contributed by atoms with van der Waals surface area (Å²) < 4.78 is 13.8. The van der Waals surface area contributed by atoms with Crippen LogP contribution in [-0.2, 0) is 5.75 Å². The predicted molar refractivity (Wildman–Crippen MR) is 68.4 cm³/mol. The van der Waals surface area contributed by atoms with Gasteiger partial charge in [0.1, 0.15) is 11.7 Å². The topological polar surface area (TPSA) is 49.9 Å². The Hall–Kier alpha value is -1.03. The van der Waals surface area contributed by atoms with Crippen molar-refractivity contribution in [2.75, 3.05) is 5.75 Å². The highest BCUT2D eigenvalue weighted by atomic mass is 32.2. The van der Waals surface area contributed by atoms with E-state index in [9.17, 15) is 4.39 Å². The maximum absolute atomic E-state index is 13.8. The first-order valence-electron chi connectivity index (χ1n) is 5.22. The van der Waals surface area contributed by atoms with E-state index >= 15 is 0 Å². The smallest absolute Gasteiger partial charge is 0.138 e. The van der Waals surface area contributed by atoms with E-state index in [1.54, 1.807) is 23.9 Å². The van der Waals surface area contributed by atoms with Gasteiger partial charge in [-0.15, -0.1) is 0 Å². The molecule has 0 radical (unpaired) electrons. The second-order valence-electron chi connectivity index (χ2n) is 4.10. The Bertz CT molecular complexity index is 377. The highest BCUT2D eigenvalue weighted by Gasteiger charge is 2.09. The third kappa shape index (κ3) is 3.52. The molecular weight excluding hydrogens is 223 g/mol. The average Bonchev–Trinajstić information content (AvgIpc) is 2.19. The van der Waals surface area contributed by atoms with Crippen molar-refractivity contribution in [1.82, 2.24) is 0 Å². The molecule has 0 aliphatic rings. The van der Waals surface area contributed by atoms with E-state index in [0.29, 0.717) is 17.2 Å². The molecule has 0 unspecified atom stereocenters. The number of thioether (sulfide) groups is 1. The van der Waals surface area contributed by atoms with Crippen LogP contribution in [-0.4, -0.2) is 11.6 Å². The molecule has 0 bridgehead atoms. The fourth-order valence-electron chi connectivity index (χ4n) is 1.30. The minimum absolute atomic E-state index is 0.197. The Balaban J connectivity index is 2.73. The summed E-state index contributed by atoms with van der Waals surface area (Å²) in [6.07, 6.45) is 0. The third-order valence-corrected chi connectivity index (χ3v) is 3.50. The van der Waals surface area contributed by atoms with Crippen LogP contribution in [0.1, 0.15) is 25.0 Å². The molecule has 0 aromatic heterocycles. The first-order valence-corrected chi connectivity index (χ1v) is 6.37. The van der Waals surface area contributed by atoms with Crippen LogP contribution in [0.15, 0.2) is 18.2 Å². The van der Waals surface area contributed by atoms with Crippen molar-refractivity contribution in [3.05, 3.63) is 35.1 Å². The van der Waals surface area contributed by atoms with E-state index in [-0.39, 0.29) is 17.2 Å². The average molecular weight is 240 g/mol. The molecular formula is C12H17FN2S. The van der Waals surface area contributed by atoms with Gasteiger partial charge >= 0.3 is 0 Å². The van der Waals surface area contributed by atoms with Gasteiger partial charge in [-0.05, 0) is 23.3 Å². The monoisotopic (exact) mass is 240 g/mol. The molecule has 3 N–H and O–H groups in total. The van der Waals surface area contributed by atoms with Gasteiger partial charge in [0.2, 0.25) is 0 Å². The summed E-state index contributed by atoms with van der Waals surface area (Å²) in [4.78, 5) is 0. The second-order valence-corrected chi connectivity index (χ2v) is 5.13. The summed E-state index contributed by atoms with van der Waals surface area (Å²) in [5.74, 6) is 1.66. The number of hydrogen-bond acceptors (Lipinski definition) is 2. The van der Waals surface area contributed by atoms with Crippen LogP contribution >= 0.6 is 11.8 Å². The molecule has 1 aromatic rings. The van der Waals surface area contributed by atoms with Crippen molar-refractivity contribution in [3.8, 4) is 0 Å². The maximum atomic E-state index is 13.8. The van der Waals surface area contributed by atoms with Gasteiger partial charge in [-0.1, -0.05) is 26.0 Å². The first kappa shape index (κ1) is 13.0. The molecule has 0 heterocycles. The van der Waals surface area contributed by atoms with Gasteiger partial charge in [-0.25, -0.2) is 4.39 Å². The van der Waals surface area contributed by atoms with Crippen molar-refractivity contribution in [2.45, 2.75) is 19.6 Å². The van der Waals surface area contributed by atoms with Gasteiger partial charge in [0.15, 0.2) is 0 Å². The largest absolute Gasteiger partial charge is 0.384 e. The Morgan fingerprint density at radius 1 is 1.50 bits per heavy atom. The molecule has 2 nitrogen and oxygen atoms in total. The van der Waals surface area contributed by atoms with Gasteiger partial charge in [0, 0.05) is 5.75 Å². The molecule has 16 heavy (non-hydrogen) atoms. The Morgan fingerprint density at radius 2 is 2.19 bits per heavy atom. The van der Waals surface area contributed by atoms with E-state index in [1.807, 2.05) is 0 Å². The summed E-state index contributed by atoms with van der Waals surface area (Å²) in [6.45, 7) is 4.27. The summed E-state index contributed by atoms with van der Waals surface area (Å²) in [5.41, 5.74) is 6.12. The number of benzene rings is 1. The van der Waals surface area contributed by atoms with Crippen LogP contribution in [0.4, 0.5) is 4.39 Å². The number of nitrogens with one attached hydrogen (secondary N) is 1. The number of nitrogen functional groups attached to an aromatic ring is 1. The highest BCUT2D eigenvalue weighted by Crippen LogP contribution is 2.20. The lowest BCUT2D eigenvalue weighted by Gasteiger charge is -2.08. The van der Waals surface area contributed by atoms with E-state index in [2.05, 4.69) is 13.8 Å². The lowest BCUT2D eigenvalue weighted by atomic mass is 10.1. The standard InChI is InChI=1S/C12H17FN2S/c1-8(2)6-16-7-9-4-3-5-10(11(9)13)12(14)15/h3-5,8H,6-7H2,1-2H3,(H3,14,15). The molecule has 0 amide bonds. The zero-order valence-electron chi connectivity index (χ0n) is 9.59. The third-order valence-electron chi connectivity index (χ3n) is 2.08. The summed E-state index contributed by atoms with van der Waals surface area (Å²) in [6, 6.07) is 5.02. The minimum Gasteiger partial charge on any atom is -0.384 e. The quantitative estimate of drug-likeness (QED) is 0.614. The summed E-state index contributed by atoms with van der Waals surface area (Å²) in [7, 11) is 0. The Kier molecular flexibility index (Phi) is 4.80. The molecule has 0 saturated carbocycles. The van der Waals surface area contributed by atoms with Crippen molar-refractivity contribution >= 4 is 17.6 Å². The summed E-state index contributed by atoms with van der Waals surface area (Å²) in [5, 5.41) is 7.25. The molecule has 0 saturated heterocycles. The van der Waals surface area contributed by atoms with Crippen molar-refractivity contribution in [1.29, 1.82) is 5.41 Å². The van der Waals surface area contributed by atoms with E-state index in [4.69, 9.17) is 11.1 Å². The zero-order chi connectivity index (χ0) is 12.1. The van der Waals surface area contributed by atoms with Crippen LogP contribution in [0.25, 0.3) is 0 Å². The van der Waals surface area contributed by atoms with Crippen LogP contribution in [0.3, 0.4) is 0 Å². The fraction of sp³-hybridized carbons (Fsp3) is 0.417. The van der Waals surface area contributed by atoms with Crippen LogP contribution in [0.2, 0.25) is 0 Å². The maximum Gasteiger partial charge on any atom is 0.138 e. The SMILES string of the molecule is CC(C)CSCc1cccc(C(=N)N)c1F. The van der Waals surface area contributed by atoms with Crippen molar-refractivity contribution in [2.24, 2.45) is 11.7 Å². The first-order chi connectivity index (χ1) is 7.52. The minimum atomic E-state index is -0.355. The van der Waals surface area contributed by atoms with E-state index < -0.39 is 0 Å². The molecule has 0 atom stereocenters. The second kappa shape index (κ2) is 5.89. The van der Waals surface area contributed by atoms with Crippen LogP contribution in [0.5, 0.6) is 0 Å². The van der Waals surface area contributed by atoms with Crippen LogP contribution < -0.4 is 5.73 Å². The lowest BCUT2D eigenvalue weighted by molar-refractivity contribution is 0.614. The molecule has 0 aliphatic carbocycles. The van der Waals surface area contributed by atoms with Gasteiger partial charge in [0.05, 0.1) is 5.56 Å². The predicted octanol–water partition coefficient (Wildman–Crippen LogP) is 3.00. The van der Waals surface area contributed by atoms with Crippen molar-refractivity contribution in [3.63, 3.8) is 0 Å². The van der Waals surface area contributed by atoms with E-state index in [1.165, 1.54) is 6.07 Å². The highest BCUT2D eigenvalue weighted by molar-refractivity contribution is 7.98.